The van der Waals surface area contributed by atoms with Crippen LogP contribution in [-0.2, 0) is 11.3 Å². The summed E-state index contributed by atoms with van der Waals surface area (Å²) in [6.45, 7) is 6.83. The summed E-state index contributed by atoms with van der Waals surface area (Å²) in [6.07, 6.45) is 9.94. The van der Waals surface area contributed by atoms with Crippen LogP contribution in [0.4, 0.5) is 5.95 Å². The van der Waals surface area contributed by atoms with Gasteiger partial charge >= 0.3 is 0 Å². The first-order chi connectivity index (χ1) is 11.7. The summed E-state index contributed by atoms with van der Waals surface area (Å²) in [5, 5.41) is 0. The Morgan fingerprint density at radius 3 is 2.58 bits per heavy atom. The van der Waals surface area contributed by atoms with Gasteiger partial charge in [-0.05, 0) is 39.0 Å². The predicted octanol–water partition coefficient (Wildman–Crippen LogP) is 1.66. The fourth-order valence-electron chi connectivity index (χ4n) is 4.26. The summed E-state index contributed by atoms with van der Waals surface area (Å²) >= 11 is 0. The predicted molar refractivity (Wildman–Crippen MR) is 92.7 cm³/mol. The van der Waals surface area contributed by atoms with Crippen molar-refractivity contribution in [1.82, 2.24) is 19.8 Å². The lowest BCUT2D eigenvalue weighted by atomic mass is 10.1. The molecule has 1 amide bonds. The van der Waals surface area contributed by atoms with Gasteiger partial charge in [-0.2, -0.15) is 0 Å². The smallest absolute Gasteiger partial charge is 0.239 e. The Balaban J connectivity index is 1.42. The van der Waals surface area contributed by atoms with Crippen molar-refractivity contribution in [3.8, 4) is 0 Å². The van der Waals surface area contributed by atoms with E-state index in [1.165, 1.54) is 19.3 Å². The molecule has 1 aromatic rings. The topological polar surface area (TPSA) is 52.6 Å². The van der Waals surface area contributed by atoms with Gasteiger partial charge in [0.25, 0.3) is 0 Å². The van der Waals surface area contributed by atoms with Crippen LogP contribution in [0.25, 0.3) is 0 Å². The van der Waals surface area contributed by atoms with Crippen LogP contribution in [-0.4, -0.2) is 63.9 Å². The van der Waals surface area contributed by atoms with Crippen molar-refractivity contribution >= 4 is 11.9 Å². The zero-order valence-corrected chi connectivity index (χ0v) is 14.5. The molecule has 0 aliphatic carbocycles. The molecular weight excluding hydrogens is 302 g/mol. The van der Waals surface area contributed by atoms with E-state index < -0.39 is 0 Å². The first-order valence-corrected chi connectivity index (χ1v) is 9.33. The molecule has 3 aliphatic rings. The standard InChI is InChI=1S/C18H27N5O/c1-14-17(24)23-9-5-6-16(23)13-22(14)12-15-10-19-18(20-11-15)21-7-3-2-4-8-21/h10-11,14,16H,2-9,12-13H2,1H3/t14-,16+/m1/s1. The van der Waals surface area contributed by atoms with Gasteiger partial charge in [0.15, 0.2) is 0 Å². The highest BCUT2D eigenvalue weighted by atomic mass is 16.2. The summed E-state index contributed by atoms with van der Waals surface area (Å²) in [7, 11) is 0. The van der Waals surface area contributed by atoms with Crippen molar-refractivity contribution in [3.63, 3.8) is 0 Å². The average molecular weight is 329 g/mol. The van der Waals surface area contributed by atoms with E-state index in [4.69, 9.17) is 0 Å². The minimum atomic E-state index is -0.0406. The molecule has 0 unspecified atom stereocenters. The van der Waals surface area contributed by atoms with Gasteiger partial charge < -0.3 is 9.80 Å². The number of nitrogens with zero attached hydrogens (tertiary/aromatic N) is 5. The number of amides is 1. The maximum Gasteiger partial charge on any atom is 0.239 e. The minimum Gasteiger partial charge on any atom is -0.341 e. The number of aromatic nitrogens is 2. The van der Waals surface area contributed by atoms with E-state index >= 15 is 0 Å². The summed E-state index contributed by atoms with van der Waals surface area (Å²) in [5.74, 6) is 1.14. The normalized spacial score (nSPS) is 28.3. The Hall–Kier alpha value is -1.69. The zero-order valence-electron chi connectivity index (χ0n) is 14.5. The van der Waals surface area contributed by atoms with Crippen LogP contribution in [0.1, 0.15) is 44.6 Å². The lowest BCUT2D eigenvalue weighted by molar-refractivity contribution is -0.143. The summed E-state index contributed by atoms with van der Waals surface area (Å²) in [4.78, 5) is 28.3. The Morgan fingerprint density at radius 2 is 1.83 bits per heavy atom. The molecule has 6 nitrogen and oxygen atoms in total. The summed E-state index contributed by atoms with van der Waals surface area (Å²) in [5.41, 5.74) is 1.10. The molecule has 3 aliphatic heterocycles. The van der Waals surface area contributed by atoms with Gasteiger partial charge in [0.05, 0.1) is 6.04 Å². The molecule has 24 heavy (non-hydrogen) atoms. The lowest BCUT2D eigenvalue weighted by Gasteiger charge is -2.41. The lowest BCUT2D eigenvalue weighted by Crippen LogP contribution is -2.58. The van der Waals surface area contributed by atoms with Gasteiger partial charge in [0, 0.05) is 56.7 Å². The van der Waals surface area contributed by atoms with Crippen LogP contribution < -0.4 is 4.90 Å². The van der Waals surface area contributed by atoms with E-state index in [0.29, 0.717) is 6.04 Å². The highest BCUT2D eigenvalue weighted by molar-refractivity contribution is 5.83. The molecule has 3 fully saturated rings. The number of carbonyl (C=O) groups excluding carboxylic acids is 1. The number of piperidine rings is 1. The van der Waals surface area contributed by atoms with Crippen molar-refractivity contribution < 1.29 is 4.79 Å². The van der Waals surface area contributed by atoms with Crippen LogP contribution in [0.5, 0.6) is 0 Å². The molecule has 0 spiro atoms. The van der Waals surface area contributed by atoms with Crippen LogP contribution >= 0.6 is 0 Å². The molecule has 0 saturated carbocycles. The Kier molecular flexibility index (Phi) is 4.39. The van der Waals surface area contributed by atoms with E-state index in [-0.39, 0.29) is 11.9 Å². The van der Waals surface area contributed by atoms with Crippen LogP contribution in [0.3, 0.4) is 0 Å². The molecule has 0 N–H and O–H groups in total. The Labute approximate surface area is 143 Å². The van der Waals surface area contributed by atoms with Crippen molar-refractivity contribution in [2.75, 3.05) is 31.1 Å². The van der Waals surface area contributed by atoms with Gasteiger partial charge in [-0.15, -0.1) is 0 Å². The molecular formula is C18H27N5O. The van der Waals surface area contributed by atoms with Crippen molar-refractivity contribution in [3.05, 3.63) is 18.0 Å². The van der Waals surface area contributed by atoms with Gasteiger partial charge in [0.2, 0.25) is 11.9 Å². The first-order valence-electron chi connectivity index (χ1n) is 9.33. The van der Waals surface area contributed by atoms with E-state index in [2.05, 4.69) is 24.7 Å². The Bertz CT molecular complexity index is 584. The molecule has 6 heteroatoms. The van der Waals surface area contributed by atoms with Gasteiger partial charge in [0.1, 0.15) is 0 Å². The number of rotatable bonds is 3. The van der Waals surface area contributed by atoms with Gasteiger partial charge in [-0.1, -0.05) is 0 Å². The van der Waals surface area contributed by atoms with Crippen molar-refractivity contribution in [1.29, 1.82) is 0 Å². The molecule has 0 aromatic carbocycles. The molecule has 4 heterocycles. The highest BCUT2D eigenvalue weighted by Crippen LogP contribution is 2.26. The SMILES string of the molecule is C[C@@H]1C(=O)N2CCC[C@H]2CN1Cc1cnc(N2CCCCC2)nc1. The monoisotopic (exact) mass is 329 g/mol. The third-order valence-electron chi connectivity index (χ3n) is 5.73. The molecule has 3 saturated heterocycles. The van der Waals surface area contributed by atoms with Crippen molar-refractivity contribution in [2.24, 2.45) is 0 Å². The van der Waals surface area contributed by atoms with Gasteiger partial charge in [-0.3, -0.25) is 9.69 Å². The molecule has 4 rings (SSSR count). The largest absolute Gasteiger partial charge is 0.341 e. The zero-order chi connectivity index (χ0) is 16.5. The van der Waals surface area contributed by atoms with E-state index in [9.17, 15) is 4.79 Å². The highest BCUT2D eigenvalue weighted by Gasteiger charge is 2.40. The third kappa shape index (κ3) is 2.99. The second-order valence-corrected chi connectivity index (χ2v) is 7.37. The fraction of sp³-hybridized carbons (Fsp3) is 0.722. The maximum atomic E-state index is 12.5. The number of hydrogen-bond donors (Lipinski definition) is 0. The third-order valence-corrected chi connectivity index (χ3v) is 5.73. The second-order valence-electron chi connectivity index (χ2n) is 7.37. The molecule has 1 aromatic heterocycles. The first kappa shape index (κ1) is 15.8. The Morgan fingerprint density at radius 1 is 1.08 bits per heavy atom. The van der Waals surface area contributed by atoms with Crippen LogP contribution in [0.2, 0.25) is 0 Å². The van der Waals surface area contributed by atoms with Crippen LogP contribution in [0.15, 0.2) is 12.4 Å². The van der Waals surface area contributed by atoms with E-state index in [1.54, 1.807) is 0 Å². The maximum absolute atomic E-state index is 12.5. The van der Waals surface area contributed by atoms with Crippen LogP contribution in [0, 0.1) is 0 Å². The van der Waals surface area contributed by atoms with E-state index in [1.807, 2.05) is 19.3 Å². The van der Waals surface area contributed by atoms with Gasteiger partial charge in [-0.25, -0.2) is 9.97 Å². The molecule has 130 valence electrons. The van der Waals surface area contributed by atoms with E-state index in [0.717, 1.165) is 57.1 Å². The minimum absolute atomic E-state index is 0.0406. The fourth-order valence-corrected chi connectivity index (χ4v) is 4.26. The number of carbonyl (C=O) groups is 1. The van der Waals surface area contributed by atoms with Crippen molar-refractivity contribution in [2.45, 2.75) is 57.7 Å². The molecule has 0 bridgehead atoms. The number of fused-ring (bicyclic) bond motifs is 1. The number of piperazine rings is 1. The average Bonchev–Trinajstić information content (AvgIpc) is 3.09. The second kappa shape index (κ2) is 6.67. The number of anilines is 1. The quantitative estimate of drug-likeness (QED) is 0.844. The molecule has 2 atom stereocenters. The summed E-state index contributed by atoms with van der Waals surface area (Å²) in [6, 6.07) is 0.364. The molecule has 0 radical (unpaired) electrons. The number of hydrogen-bond acceptors (Lipinski definition) is 5. The summed E-state index contributed by atoms with van der Waals surface area (Å²) < 4.78 is 0.